The average Bonchev–Trinajstić information content (AvgIpc) is 2.38. The van der Waals surface area contributed by atoms with Crippen LogP contribution in [0.5, 0.6) is 0 Å². The number of aromatic nitrogens is 1. The van der Waals surface area contributed by atoms with Gasteiger partial charge in [0.25, 0.3) is 5.91 Å². The van der Waals surface area contributed by atoms with Crippen LogP contribution in [0.25, 0.3) is 11.1 Å². The third-order valence-electron chi connectivity index (χ3n) is 2.86. The summed E-state index contributed by atoms with van der Waals surface area (Å²) in [5.41, 5.74) is 3.42. The van der Waals surface area contributed by atoms with Crippen LogP contribution in [-0.2, 0) is 0 Å². The van der Waals surface area contributed by atoms with Crippen LogP contribution in [0.3, 0.4) is 0 Å². The number of carbonyl (C=O) groups is 1. The predicted octanol–water partition coefficient (Wildman–Crippen LogP) is 3.59. The third-order valence-corrected chi connectivity index (χ3v) is 2.86. The fourth-order valence-electron chi connectivity index (χ4n) is 1.89. The van der Waals surface area contributed by atoms with Gasteiger partial charge >= 0.3 is 0 Å². The Kier molecular flexibility index (Phi) is 3.89. The van der Waals surface area contributed by atoms with Crippen LogP contribution in [0.15, 0.2) is 42.6 Å². The van der Waals surface area contributed by atoms with Crippen molar-refractivity contribution in [2.75, 3.05) is 0 Å². The van der Waals surface area contributed by atoms with E-state index < -0.39 is 0 Å². The largest absolute Gasteiger partial charge is 0.347 e. The summed E-state index contributed by atoms with van der Waals surface area (Å²) in [6.07, 6.45) is 1.83. The normalized spacial score (nSPS) is 11.2. The molecule has 0 radical (unpaired) electrons. The van der Waals surface area contributed by atoms with Crippen molar-refractivity contribution in [2.45, 2.75) is 33.2 Å². The third kappa shape index (κ3) is 3.67. The van der Waals surface area contributed by atoms with E-state index in [9.17, 15) is 4.79 Å². The van der Waals surface area contributed by atoms with E-state index in [4.69, 9.17) is 0 Å². The highest BCUT2D eigenvalue weighted by Crippen LogP contribution is 2.20. The Hall–Kier alpha value is -2.16. The maximum Gasteiger partial charge on any atom is 0.251 e. The van der Waals surface area contributed by atoms with Gasteiger partial charge in [0, 0.05) is 28.6 Å². The molecular formula is C17H20N2O. The van der Waals surface area contributed by atoms with E-state index in [1.54, 1.807) is 0 Å². The molecule has 2 aromatic rings. The lowest BCUT2D eigenvalue weighted by molar-refractivity contribution is 0.0919. The predicted molar refractivity (Wildman–Crippen MR) is 81.6 cm³/mol. The van der Waals surface area contributed by atoms with E-state index in [0.717, 1.165) is 16.8 Å². The Balaban J connectivity index is 2.28. The number of aryl methyl sites for hydroxylation is 1. The number of carbonyl (C=O) groups excluding carboxylic acids is 1. The number of nitrogens with one attached hydrogen (secondary N) is 1. The molecule has 1 heterocycles. The van der Waals surface area contributed by atoms with Crippen LogP contribution in [0.4, 0.5) is 0 Å². The molecule has 1 N–H and O–H groups in total. The smallest absolute Gasteiger partial charge is 0.251 e. The van der Waals surface area contributed by atoms with Crippen molar-refractivity contribution in [1.82, 2.24) is 10.3 Å². The van der Waals surface area contributed by atoms with Gasteiger partial charge in [-0.3, -0.25) is 9.78 Å². The van der Waals surface area contributed by atoms with Crippen molar-refractivity contribution >= 4 is 5.91 Å². The molecule has 0 aliphatic carbocycles. The molecule has 2 rings (SSSR count). The second-order valence-electron chi connectivity index (χ2n) is 5.97. The number of nitrogens with zero attached hydrogens (tertiary/aromatic N) is 1. The van der Waals surface area contributed by atoms with Crippen molar-refractivity contribution in [3.05, 3.63) is 53.9 Å². The first-order valence-corrected chi connectivity index (χ1v) is 6.71. The lowest BCUT2D eigenvalue weighted by Crippen LogP contribution is -2.40. The highest BCUT2D eigenvalue weighted by atomic mass is 16.1. The summed E-state index contributed by atoms with van der Waals surface area (Å²) in [5.74, 6) is -0.0561. The summed E-state index contributed by atoms with van der Waals surface area (Å²) in [7, 11) is 0. The van der Waals surface area contributed by atoms with E-state index in [-0.39, 0.29) is 11.4 Å². The second-order valence-corrected chi connectivity index (χ2v) is 5.97. The SMILES string of the molecule is Cc1ccc(-c2cccc(C(=O)NC(C)(C)C)c2)cn1. The van der Waals surface area contributed by atoms with E-state index in [2.05, 4.69) is 10.3 Å². The van der Waals surface area contributed by atoms with Crippen LogP contribution >= 0.6 is 0 Å². The summed E-state index contributed by atoms with van der Waals surface area (Å²) in [6.45, 7) is 7.87. The summed E-state index contributed by atoms with van der Waals surface area (Å²) in [4.78, 5) is 16.5. The molecular weight excluding hydrogens is 248 g/mol. The summed E-state index contributed by atoms with van der Waals surface area (Å²) in [6, 6.07) is 11.6. The number of pyridine rings is 1. The average molecular weight is 268 g/mol. The van der Waals surface area contributed by atoms with Crippen molar-refractivity contribution in [3.8, 4) is 11.1 Å². The standard InChI is InChI=1S/C17H20N2O/c1-12-8-9-15(11-18-12)13-6-5-7-14(10-13)16(20)19-17(2,3)4/h5-11H,1-4H3,(H,19,20). The van der Waals surface area contributed by atoms with Crippen LogP contribution in [0, 0.1) is 6.92 Å². The van der Waals surface area contributed by atoms with E-state index in [1.807, 2.05) is 70.3 Å². The van der Waals surface area contributed by atoms with Gasteiger partial charge < -0.3 is 5.32 Å². The summed E-state index contributed by atoms with van der Waals surface area (Å²) >= 11 is 0. The molecule has 1 amide bonds. The van der Waals surface area contributed by atoms with E-state index >= 15 is 0 Å². The van der Waals surface area contributed by atoms with Crippen LogP contribution < -0.4 is 5.32 Å². The molecule has 1 aromatic carbocycles. The quantitative estimate of drug-likeness (QED) is 0.904. The molecule has 0 aliphatic heterocycles. The minimum atomic E-state index is -0.238. The molecule has 0 bridgehead atoms. The molecule has 0 fully saturated rings. The Morgan fingerprint density at radius 3 is 2.45 bits per heavy atom. The van der Waals surface area contributed by atoms with Gasteiger partial charge in [0.2, 0.25) is 0 Å². The minimum absolute atomic E-state index is 0.0561. The van der Waals surface area contributed by atoms with Crippen molar-refractivity contribution in [2.24, 2.45) is 0 Å². The first-order valence-electron chi connectivity index (χ1n) is 6.71. The maximum absolute atomic E-state index is 12.2. The van der Waals surface area contributed by atoms with Crippen molar-refractivity contribution < 1.29 is 4.79 Å². The molecule has 3 heteroatoms. The first-order chi connectivity index (χ1) is 9.35. The summed E-state index contributed by atoms with van der Waals surface area (Å²) < 4.78 is 0. The Bertz CT molecular complexity index is 610. The second kappa shape index (κ2) is 5.45. The van der Waals surface area contributed by atoms with Crippen molar-refractivity contribution in [3.63, 3.8) is 0 Å². The zero-order valence-corrected chi connectivity index (χ0v) is 12.4. The number of rotatable bonds is 2. The number of hydrogen-bond acceptors (Lipinski definition) is 2. The van der Waals surface area contributed by atoms with Gasteiger partial charge in [0.1, 0.15) is 0 Å². The fraction of sp³-hybridized carbons (Fsp3) is 0.294. The van der Waals surface area contributed by atoms with Gasteiger partial charge in [0.15, 0.2) is 0 Å². The molecule has 104 valence electrons. The van der Waals surface area contributed by atoms with Gasteiger partial charge in [0.05, 0.1) is 0 Å². The van der Waals surface area contributed by atoms with E-state index in [1.165, 1.54) is 0 Å². The van der Waals surface area contributed by atoms with Gasteiger partial charge in [-0.05, 0) is 51.5 Å². The van der Waals surface area contributed by atoms with Gasteiger partial charge in [-0.2, -0.15) is 0 Å². The fourth-order valence-corrected chi connectivity index (χ4v) is 1.89. The number of benzene rings is 1. The topological polar surface area (TPSA) is 42.0 Å². The molecule has 0 saturated carbocycles. The summed E-state index contributed by atoms with van der Waals surface area (Å²) in [5, 5.41) is 2.97. The van der Waals surface area contributed by atoms with Gasteiger partial charge in [-0.15, -0.1) is 0 Å². The van der Waals surface area contributed by atoms with Gasteiger partial charge in [-0.25, -0.2) is 0 Å². The van der Waals surface area contributed by atoms with Crippen LogP contribution in [0.1, 0.15) is 36.8 Å². The first kappa shape index (κ1) is 14.3. The maximum atomic E-state index is 12.2. The Morgan fingerprint density at radius 1 is 1.10 bits per heavy atom. The molecule has 3 nitrogen and oxygen atoms in total. The van der Waals surface area contributed by atoms with Crippen molar-refractivity contribution in [1.29, 1.82) is 0 Å². The molecule has 0 aliphatic rings. The molecule has 0 atom stereocenters. The monoisotopic (exact) mass is 268 g/mol. The number of hydrogen-bond donors (Lipinski definition) is 1. The molecule has 20 heavy (non-hydrogen) atoms. The molecule has 0 unspecified atom stereocenters. The highest BCUT2D eigenvalue weighted by Gasteiger charge is 2.15. The zero-order valence-electron chi connectivity index (χ0n) is 12.4. The van der Waals surface area contributed by atoms with E-state index in [0.29, 0.717) is 5.56 Å². The zero-order chi connectivity index (χ0) is 14.8. The highest BCUT2D eigenvalue weighted by molar-refractivity contribution is 5.95. The van der Waals surface area contributed by atoms with Crippen LogP contribution in [0.2, 0.25) is 0 Å². The number of amides is 1. The molecule has 1 aromatic heterocycles. The molecule has 0 spiro atoms. The lowest BCUT2D eigenvalue weighted by Gasteiger charge is -2.20. The Morgan fingerprint density at radius 2 is 1.85 bits per heavy atom. The Labute approximate surface area is 120 Å². The molecule has 0 saturated heterocycles. The minimum Gasteiger partial charge on any atom is -0.347 e. The van der Waals surface area contributed by atoms with Crippen LogP contribution in [-0.4, -0.2) is 16.4 Å². The van der Waals surface area contributed by atoms with Gasteiger partial charge in [-0.1, -0.05) is 18.2 Å². The lowest BCUT2D eigenvalue weighted by atomic mass is 10.0.